The van der Waals surface area contributed by atoms with Gasteiger partial charge in [0.2, 0.25) is 11.8 Å². The Balaban J connectivity index is 1.53. The monoisotopic (exact) mass is 530 g/mol. The Labute approximate surface area is 224 Å². The number of carbonyl (C=O) groups is 2. The molecule has 0 spiro atoms. The largest absolute Gasteiger partial charge is 0.350 e. The number of nitrogens with zero attached hydrogens (tertiary/aromatic N) is 2. The van der Waals surface area contributed by atoms with Crippen molar-refractivity contribution in [3.63, 3.8) is 0 Å². The third-order valence-electron chi connectivity index (χ3n) is 7.25. The summed E-state index contributed by atoms with van der Waals surface area (Å²) < 4.78 is 0. The van der Waals surface area contributed by atoms with Gasteiger partial charge in [0.25, 0.3) is 0 Å². The fourth-order valence-electron chi connectivity index (χ4n) is 5.49. The van der Waals surface area contributed by atoms with E-state index in [-0.39, 0.29) is 35.9 Å². The zero-order valence-electron chi connectivity index (χ0n) is 21.0. The quantitative estimate of drug-likeness (QED) is 0.534. The van der Waals surface area contributed by atoms with Crippen molar-refractivity contribution < 1.29 is 9.59 Å². The zero-order chi connectivity index (χ0) is 25.8. The molecule has 36 heavy (non-hydrogen) atoms. The summed E-state index contributed by atoms with van der Waals surface area (Å²) in [5.41, 5.74) is 8.46. The Morgan fingerprint density at radius 3 is 2.56 bits per heavy atom. The first-order valence-electron chi connectivity index (χ1n) is 12.8. The van der Waals surface area contributed by atoms with Gasteiger partial charge in [0.1, 0.15) is 6.04 Å². The van der Waals surface area contributed by atoms with Gasteiger partial charge in [-0.25, -0.2) is 0 Å². The number of rotatable bonds is 8. The second-order valence-electron chi connectivity index (χ2n) is 10.5. The fraction of sp³-hybridized carbons (Fsp3) is 0.500. The van der Waals surface area contributed by atoms with Crippen molar-refractivity contribution >= 4 is 35.0 Å². The van der Waals surface area contributed by atoms with Crippen molar-refractivity contribution in [2.24, 2.45) is 11.7 Å². The van der Waals surface area contributed by atoms with Crippen LogP contribution in [0.1, 0.15) is 44.2 Å². The summed E-state index contributed by atoms with van der Waals surface area (Å²) in [7, 11) is 0. The standard InChI is InChI=1S/C28H36Cl2N4O2/c1-18(2)12-25(27(35)32-16-20-8-9-23(29)24(30)14-20)33-11-10-22(13-19-6-4-3-5-7-19)34-17-21(31)15-26(34)28(33)36/h3-9,14,18,21-22,25-26H,10-13,15-17,31H2,1-2H3,(H,32,35)/t21-,22?,25-,26+/m1/s1. The van der Waals surface area contributed by atoms with Gasteiger partial charge in [-0.3, -0.25) is 14.5 Å². The minimum Gasteiger partial charge on any atom is -0.350 e. The van der Waals surface area contributed by atoms with Gasteiger partial charge >= 0.3 is 0 Å². The molecule has 6 nitrogen and oxygen atoms in total. The molecule has 2 amide bonds. The predicted molar refractivity (Wildman–Crippen MR) is 145 cm³/mol. The van der Waals surface area contributed by atoms with Gasteiger partial charge in [-0.1, -0.05) is 73.4 Å². The van der Waals surface area contributed by atoms with Crippen molar-refractivity contribution in [2.75, 3.05) is 13.1 Å². The van der Waals surface area contributed by atoms with E-state index in [1.165, 1.54) is 5.56 Å². The molecule has 0 aromatic heterocycles. The molecule has 194 valence electrons. The molecule has 0 bridgehead atoms. The summed E-state index contributed by atoms with van der Waals surface area (Å²) in [6.45, 7) is 5.74. The maximum atomic E-state index is 13.9. The molecule has 3 N–H and O–H groups in total. The smallest absolute Gasteiger partial charge is 0.243 e. The molecule has 2 fully saturated rings. The van der Waals surface area contributed by atoms with E-state index in [1.54, 1.807) is 12.1 Å². The molecule has 0 radical (unpaired) electrons. The average molecular weight is 532 g/mol. The molecule has 2 aromatic rings. The van der Waals surface area contributed by atoms with Crippen LogP contribution in [0.2, 0.25) is 10.0 Å². The van der Waals surface area contributed by atoms with Crippen LogP contribution in [-0.4, -0.2) is 58.9 Å². The van der Waals surface area contributed by atoms with E-state index in [9.17, 15) is 9.59 Å². The maximum absolute atomic E-state index is 13.9. The summed E-state index contributed by atoms with van der Waals surface area (Å²) in [6.07, 6.45) is 2.89. The van der Waals surface area contributed by atoms with Gasteiger partial charge < -0.3 is 16.0 Å². The van der Waals surface area contributed by atoms with Crippen LogP contribution in [0, 0.1) is 5.92 Å². The van der Waals surface area contributed by atoms with E-state index in [1.807, 2.05) is 29.2 Å². The average Bonchev–Trinajstić information content (AvgIpc) is 3.20. The van der Waals surface area contributed by atoms with Gasteiger partial charge in [0.15, 0.2) is 0 Å². The minimum atomic E-state index is -0.533. The lowest BCUT2D eigenvalue weighted by atomic mass is 9.99. The Hall–Kier alpha value is -2.12. The van der Waals surface area contributed by atoms with E-state index in [0.717, 1.165) is 18.4 Å². The first kappa shape index (κ1) is 26.9. The second kappa shape index (κ2) is 12.0. The number of nitrogens with one attached hydrogen (secondary N) is 1. The molecule has 0 aliphatic carbocycles. The van der Waals surface area contributed by atoms with Gasteiger partial charge in [-0.15, -0.1) is 0 Å². The number of nitrogens with two attached hydrogens (primary N) is 1. The topological polar surface area (TPSA) is 78.7 Å². The first-order valence-corrected chi connectivity index (χ1v) is 13.6. The summed E-state index contributed by atoms with van der Waals surface area (Å²) in [6, 6.07) is 15.1. The van der Waals surface area contributed by atoms with Crippen molar-refractivity contribution in [3.05, 3.63) is 69.7 Å². The number of benzene rings is 2. The van der Waals surface area contributed by atoms with E-state index in [0.29, 0.717) is 42.5 Å². The number of carbonyl (C=O) groups excluding carboxylic acids is 2. The SMILES string of the molecule is CC(C)C[C@H](C(=O)NCc1ccc(Cl)c(Cl)c1)N1CCC(Cc2ccccc2)N2C[C@H](N)C[C@H]2C1=O. The molecular weight excluding hydrogens is 495 g/mol. The summed E-state index contributed by atoms with van der Waals surface area (Å²) in [5, 5.41) is 3.96. The molecule has 1 unspecified atom stereocenters. The van der Waals surface area contributed by atoms with E-state index in [4.69, 9.17) is 28.9 Å². The van der Waals surface area contributed by atoms with Gasteiger partial charge in [-0.2, -0.15) is 0 Å². The summed E-state index contributed by atoms with van der Waals surface area (Å²) >= 11 is 12.2. The molecule has 4 atom stereocenters. The molecule has 8 heteroatoms. The molecule has 0 saturated carbocycles. The summed E-state index contributed by atoms with van der Waals surface area (Å²) in [5.74, 6) is 0.135. The number of hydrogen-bond donors (Lipinski definition) is 2. The van der Waals surface area contributed by atoms with Crippen LogP contribution in [0.15, 0.2) is 48.5 Å². The fourth-order valence-corrected chi connectivity index (χ4v) is 5.81. The lowest BCUT2D eigenvalue weighted by Gasteiger charge is -2.33. The van der Waals surface area contributed by atoms with Crippen molar-refractivity contribution in [2.45, 2.75) is 70.2 Å². The highest BCUT2D eigenvalue weighted by Crippen LogP contribution is 2.30. The van der Waals surface area contributed by atoms with Gasteiger partial charge in [0, 0.05) is 31.7 Å². The van der Waals surface area contributed by atoms with Crippen LogP contribution in [0.3, 0.4) is 0 Å². The number of fused-ring (bicyclic) bond motifs is 1. The Morgan fingerprint density at radius 1 is 1.11 bits per heavy atom. The van der Waals surface area contributed by atoms with E-state index >= 15 is 0 Å². The van der Waals surface area contributed by atoms with Gasteiger partial charge in [0.05, 0.1) is 16.1 Å². The Bertz CT molecular complexity index is 1060. The first-order chi connectivity index (χ1) is 17.2. The van der Waals surface area contributed by atoms with E-state index < -0.39 is 6.04 Å². The molecule has 2 aliphatic heterocycles. The van der Waals surface area contributed by atoms with Crippen LogP contribution in [0.25, 0.3) is 0 Å². The molecule has 4 rings (SSSR count). The van der Waals surface area contributed by atoms with Crippen molar-refractivity contribution in [3.8, 4) is 0 Å². The molecule has 2 heterocycles. The molecular formula is C28H36Cl2N4O2. The Morgan fingerprint density at radius 2 is 1.86 bits per heavy atom. The second-order valence-corrected chi connectivity index (χ2v) is 11.3. The highest BCUT2D eigenvalue weighted by molar-refractivity contribution is 6.42. The highest BCUT2D eigenvalue weighted by atomic mass is 35.5. The van der Waals surface area contributed by atoms with Crippen molar-refractivity contribution in [1.29, 1.82) is 0 Å². The molecule has 2 aromatic carbocycles. The summed E-state index contributed by atoms with van der Waals surface area (Å²) in [4.78, 5) is 31.5. The predicted octanol–water partition coefficient (Wildman–Crippen LogP) is 4.27. The number of halogens is 2. The lowest BCUT2D eigenvalue weighted by Crippen LogP contribution is -2.53. The highest BCUT2D eigenvalue weighted by Gasteiger charge is 2.45. The third-order valence-corrected chi connectivity index (χ3v) is 7.99. The van der Waals surface area contributed by atoms with Crippen LogP contribution in [0.5, 0.6) is 0 Å². The van der Waals surface area contributed by atoms with Crippen LogP contribution >= 0.6 is 23.2 Å². The van der Waals surface area contributed by atoms with Crippen LogP contribution in [-0.2, 0) is 22.6 Å². The van der Waals surface area contributed by atoms with Gasteiger partial charge in [-0.05, 0) is 54.9 Å². The maximum Gasteiger partial charge on any atom is 0.243 e. The minimum absolute atomic E-state index is 0.0221. The molecule has 2 saturated heterocycles. The molecule has 2 aliphatic rings. The van der Waals surface area contributed by atoms with Crippen molar-refractivity contribution in [1.82, 2.24) is 15.1 Å². The normalized spacial score (nSPS) is 23.4. The van der Waals surface area contributed by atoms with Crippen LogP contribution in [0.4, 0.5) is 0 Å². The Kier molecular flexibility index (Phi) is 8.94. The number of hydrogen-bond acceptors (Lipinski definition) is 4. The zero-order valence-corrected chi connectivity index (χ0v) is 22.5. The van der Waals surface area contributed by atoms with E-state index in [2.05, 4.69) is 36.2 Å². The third kappa shape index (κ3) is 6.41. The van der Waals surface area contributed by atoms with Crippen LogP contribution < -0.4 is 11.1 Å². The number of amides is 2. The lowest BCUT2D eigenvalue weighted by molar-refractivity contribution is -0.143.